The van der Waals surface area contributed by atoms with Gasteiger partial charge in [0.2, 0.25) is 5.91 Å². The molecule has 98 valence electrons. The largest absolute Gasteiger partial charge is 0.368 e. The first-order chi connectivity index (χ1) is 9.18. The van der Waals surface area contributed by atoms with Crippen LogP contribution >= 0.6 is 0 Å². The number of carbonyl (C=O) groups excluding carboxylic acids is 1. The first kappa shape index (κ1) is 13.3. The molecule has 0 spiro atoms. The summed E-state index contributed by atoms with van der Waals surface area (Å²) in [6.45, 7) is 1.78. The molecule has 0 saturated heterocycles. The molecule has 0 bridgehead atoms. The lowest BCUT2D eigenvalue weighted by Crippen LogP contribution is -2.41. The number of hydrogen-bond acceptors (Lipinski definition) is 2. The van der Waals surface area contributed by atoms with E-state index in [-0.39, 0.29) is 18.0 Å². The van der Waals surface area contributed by atoms with E-state index in [4.69, 9.17) is 5.73 Å². The minimum Gasteiger partial charge on any atom is -0.368 e. The summed E-state index contributed by atoms with van der Waals surface area (Å²) in [6.07, 6.45) is 0. The van der Waals surface area contributed by atoms with Crippen LogP contribution < -0.4 is 11.1 Å². The summed E-state index contributed by atoms with van der Waals surface area (Å²) < 4.78 is 0. The Morgan fingerprint density at radius 1 is 0.947 bits per heavy atom. The molecule has 0 saturated carbocycles. The third kappa shape index (κ3) is 3.42. The van der Waals surface area contributed by atoms with Crippen molar-refractivity contribution in [2.45, 2.75) is 19.0 Å². The summed E-state index contributed by atoms with van der Waals surface area (Å²) in [5.74, 6) is -0.350. The Hall–Kier alpha value is -2.13. The summed E-state index contributed by atoms with van der Waals surface area (Å²) in [5.41, 5.74) is 7.56. The SMILES string of the molecule is C[C@@H](NC(c1ccccc1)c1ccccc1)C(N)=O. The van der Waals surface area contributed by atoms with E-state index in [1.54, 1.807) is 6.92 Å². The van der Waals surface area contributed by atoms with Crippen LogP contribution in [-0.4, -0.2) is 11.9 Å². The number of benzene rings is 2. The smallest absolute Gasteiger partial charge is 0.234 e. The van der Waals surface area contributed by atoms with Crippen LogP contribution in [0.15, 0.2) is 60.7 Å². The summed E-state index contributed by atoms with van der Waals surface area (Å²) >= 11 is 0. The summed E-state index contributed by atoms with van der Waals surface area (Å²) in [6, 6.07) is 19.6. The number of hydrogen-bond donors (Lipinski definition) is 2. The number of nitrogens with two attached hydrogens (primary N) is 1. The molecule has 19 heavy (non-hydrogen) atoms. The Balaban J connectivity index is 2.32. The molecule has 2 aromatic rings. The van der Waals surface area contributed by atoms with Gasteiger partial charge in [-0.15, -0.1) is 0 Å². The lowest BCUT2D eigenvalue weighted by molar-refractivity contribution is -0.119. The number of amides is 1. The average Bonchev–Trinajstić information content (AvgIpc) is 2.46. The fourth-order valence-corrected chi connectivity index (χ4v) is 2.01. The minimum atomic E-state index is -0.384. The number of rotatable bonds is 5. The molecule has 0 aliphatic rings. The van der Waals surface area contributed by atoms with Crippen molar-refractivity contribution in [3.63, 3.8) is 0 Å². The maximum Gasteiger partial charge on any atom is 0.234 e. The molecule has 0 heterocycles. The zero-order chi connectivity index (χ0) is 13.7. The summed E-state index contributed by atoms with van der Waals surface area (Å²) in [4.78, 5) is 11.3. The van der Waals surface area contributed by atoms with Gasteiger partial charge in [0.15, 0.2) is 0 Å². The highest BCUT2D eigenvalue weighted by molar-refractivity contribution is 5.79. The van der Waals surface area contributed by atoms with E-state index in [1.807, 2.05) is 60.7 Å². The Labute approximate surface area is 113 Å². The molecule has 3 N–H and O–H groups in total. The zero-order valence-corrected chi connectivity index (χ0v) is 10.9. The molecule has 3 heteroatoms. The molecule has 0 radical (unpaired) electrons. The van der Waals surface area contributed by atoms with E-state index in [0.29, 0.717) is 0 Å². The molecule has 0 aliphatic heterocycles. The molecular weight excluding hydrogens is 236 g/mol. The molecular formula is C16H18N2O. The fraction of sp³-hybridized carbons (Fsp3) is 0.188. The van der Waals surface area contributed by atoms with Gasteiger partial charge in [-0.2, -0.15) is 0 Å². The van der Waals surface area contributed by atoms with Crippen LogP contribution in [0.4, 0.5) is 0 Å². The van der Waals surface area contributed by atoms with E-state index in [2.05, 4.69) is 5.32 Å². The van der Waals surface area contributed by atoms with Gasteiger partial charge in [-0.05, 0) is 18.1 Å². The van der Waals surface area contributed by atoms with Gasteiger partial charge in [-0.1, -0.05) is 60.7 Å². The predicted octanol–water partition coefficient (Wildman–Crippen LogP) is 2.24. The average molecular weight is 254 g/mol. The topological polar surface area (TPSA) is 55.1 Å². The van der Waals surface area contributed by atoms with Crippen LogP contribution in [-0.2, 0) is 4.79 Å². The van der Waals surface area contributed by atoms with Gasteiger partial charge in [0.05, 0.1) is 12.1 Å². The van der Waals surface area contributed by atoms with Crippen LogP contribution in [0.5, 0.6) is 0 Å². The van der Waals surface area contributed by atoms with Crippen molar-refractivity contribution < 1.29 is 4.79 Å². The summed E-state index contributed by atoms with van der Waals surface area (Å²) in [5, 5.41) is 3.27. The Morgan fingerprint density at radius 2 is 1.37 bits per heavy atom. The number of primary amides is 1. The monoisotopic (exact) mass is 254 g/mol. The molecule has 0 aliphatic carbocycles. The third-order valence-electron chi connectivity index (χ3n) is 3.11. The van der Waals surface area contributed by atoms with Crippen LogP contribution in [0.3, 0.4) is 0 Å². The maximum absolute atomic E-state index is 11.3. The lowest BCUT2D eigenvalue weighted by Gasteiger charge is -2.22. The zero-order valence-electron chi connectivity index (χ0n) is 10.9. The Morgan fingerprint density at radius 3 is 1.74 bits per heavy atom. The Bertz CT molecular complexity index is 485. The van der Waals surface area contributed by atoms with Crippen LogP contribution in [0.25, 0.3) is 0 Å². The van der Waals surface area contributed by atoms with E-state index >= 15 is 0 Å². The maximum atomic E-state index is 11.3. The molecule has 0 unspecified atom stereocenters. The first-order valence-electron chi connectivity index (χ1n) is 6.33. The number of nitrogens with one attached hydrogen (secondary N) is 1. The van der Waals surface area contributed by atoms with Crippen molar-refractivity contribution in [3.8, 4) is 0 Å². The van der Waals surface area contributed by atoms with E-state index in [0.717, 1.165) is 11.1 Å². The second-order valence-corrected chi connectivity index (χ2v) is 4.55. The minimum absolute atomic E-state index is 0.0371. The van der Waals surface area contributed by atoms with Gasteiger partial charge in [-0.25, -0.2) is 0 Å². The van der Waals surface area contributed by atoms with Gasteiger partial charge >= 0.3 is 0 Å². The fourth-order valence-electron chi connectivity index (χ4n) is 2.01. The van der Waals surface area contributed by atoms with Crippen molar-refractivity contribution in [2.75, 3.05) is 0 Å². The highest BCUT2D eigenvalue weighted by Gasteiger charge is 2.18. The highest BCUT2D eigenvalue weighted by atomic mass is 16.1. The molecule has 1 amide bonds. The van der Waals surface area contributed by atoms with Gasteiger partial charge in [0.25, 0.3) is 0 Å². The first-order valence-corrected chi connectivity index (χ1v) is 6.33. The van der Waals surface area contributed by atoms with E-state index < -0.39 is 0 Å². The summed E-state index contributed by atoms with van der Waals surface area (Å²) in [7, 11) is 0. The lowest BCUT2D eigenvalue weighted by atomic mass is 9.98. The molecule has 1 atom stereocenters. The quantitative estimate of drug-likeness (QED) is 0.859. The molecule has 2 rings (SSSR count). The van der Waals surface area contributed by atoms with Crippen LogP contribution in [0.2, 0.25) is 0 Å². The second-order valence-electron chi connectivity index (χ2n) is 4.55. The molecule has 0 fully saturated rings. The predicted molar refractivity (Wildman–Crippen MR) is 76.5 cm³/mol. The standard InChI is InChI=1S/C16H18N2O/c1-12(16(17)19)18-15(13-8-4-2-5-9-13)14-10-6-3-7-11-14/h2-12,15,18H,1H3,(H2,17,19)/t12-/m1/s1. The molecule has 2 aromatic carbocycles. The van der Waals surface area contributed by atoms with Gasteiger partial charge in [0, 0.05) is 0 Å². The number of carbonyl (C=O) groups is 1. The van der Waals surface area contributed by atoms with Gasteiger partial charge in [-0.3, -0.25) is 10.1 Å². The third-order valence-corrected chi connectivity index (χ3v) is 3.11. The van der Waals surface area contributed by atoms with Gasteiger partial charge in [0.1, 0.15) is 0 Å². The van der Waals surface area contributed by atoms with Crippen molar-refractivity contribution in [3.05, 3.63) is 71.8 Å². The van der Waals surface area contributed by atoms with Gasteiger partial charge < -0.3 is 5.73 Å². The van der Waals surface area contributed by atoms with Crippen molar-refractivity contribution >= 4 is 5.91 Å². The van der Waals surface area contributed by atoms with E-state index in [9.17, 15) is 4.79 Å². The van der Waals surface area contributed by atoms with Crippen LogP contribution in [0.1, 0.15) is 24.1 Å². The Kier molecular flexibility index (Phi) is 4.31. The van der Waals surface area contributed by atoms with Crippen molar-refractivity contribution in [2.24, 2.45) is 5.73 Å². The van der Waals surface area contributed by atoms with E-state index in [1.165, 1.54) is 0 Å². The molecule has 0 aromatic heterocycles. The van der Waals surface area contributed by atoms with Crippen molar-refractivity contribution in [1.29, 1.82) is 0 Å². The second kappa shape index (κ2) is 6.16. The highest BCUT2D eigenvalue weighted by Crippen LogP contribution is 2.22. The van der Waals surface area contributed by atoms with Crippen LogP contribution in [0, 0.1) is 0 Å². The normalized spacial score (nSPS) is 12.3. The van der Waals surface area contributed by atoms with Crippen molar-refractivity contribution in [1.82, 2.24) is 5.32 Å². The molecule has 3 nitrogen and oxygen atoms in total.